The van der Waals surface area contributed by atoms with E-state index in [0.29, 0.717) is 17.5 Å². The number of benzene rings is 2. The van der Waals surface area contributed by atoms with E-state index in [0.717, 1.165) is 41.2 Å². The van der Waals surface area contributed by atoms with E-state index < -0.39 is 0 Å². The van der Waals surface area contributed by atoms with Crippen LogP contribution in [-0.4, -0.2) is 27.7 Å². The van der Waals surface area contributed by atoms with Gasteiger partial charge in [-0.1, -0.05) is 54.2 Å². The Morgan fingerprint density at radius 1 is 1.13 bits per heavy atom. The van der Waals surface area contributed by atoms with E-state index in [2.05, 4.69) is 17.4 Å². The van der Waals surface area contributed by atoms with E-state index >= 15 is 0 Å². The third-order valence-corrected chi connectivity index (χ3v) is 6.40. The van der Waals surface area contributed by atoms with Gasteiger partial charge in [0, 0.05) is 23.4 Å². The number of rotatable bonds is 5. The number of hydrogen-bond acceptors (Lipinski definition) is 6. The van der Waals surface area contributed by atoms with Crippen molar-refractivity contribution in [1.29, 1.82) is 0 Å². The lowest BCUT2D eigenvalue weighted by Crippen LogP contribution is -2.31. The molecule has 2 heterocycles. The summed E-state index contributed by atoms with van der Waals surface area (Å²) in [5.74, 6) is 2.46. The molecule has 1 aliphatic carbocycles. The number of hydrogen-bond donors (Lipinski definition) is 1. The van der Waals surface area contributed by atoms with Crippen molar-refractivity contribution in [2.75, 3.05) is 12.4 Å². The maximum absolute atomic E-state index is 12.9. The summed E-state index contributed by atoms with van der Waals surface area (Å²) in [6, 6.07) is 17.9. The number of ketones is 1. The predicted molar refractivity (Wildman–Crippen MR) is 117 cm³/mol. The fourth-order valence-electron chi connectivity index (χ4n) is 4.01. The fourth-order valence-corrected chi connectivity index (χ4v) is 4.80. The van der Waals surface area contributed by atoms with Gasteiger partial charge in [-0.3, -0.25) is 4.79 Å². The van der Waals surface area contributed by atoms with Crippen LogP contribution in [0.4, 0.5) is 5.95 Å². The third kappa shape index (κ3) is 3.50. The minimum absolute atomic E-state index is 0.184. The molecule has 1 atom stereocenters. The largest absolute Gasteiger partial charge is 0.497 e. The smallest absolute Gasteiger partial charge is 0.227 e. The molecular formula is C23H22N4O2S. The molecule has 0 amide bonds. The summed E-state index contributed by atoms with van der Waals surface area (Å²) in [5, 5.41) is 8.86. The Morgan fingerprint density at radius 2 is 1.93 bits per heavy atom. The molecule has 3 aromatic rings. The molecule has 0 spiro atoms. The van der Waals surface area contributed by atoms with Gasteiger partial charge in [0.2, 0.25) is 11.1 Å². The van der Waals surface area contributed by atoms with Gasteiger partial charge in [0.15, 0.2) is 5.78 Å². The van der Waals surface area contributed by atoms with Crippen molar-refractivity contribution in [3.05, 3.63) is 77.0 Å². The Bertz CT molecular complexity index is 1110. The molecule has 152 valence electrons. The first-order valence-electron chi connectivity index (χ1n) is 10.0. The molecular weight excluding hydrogens is 396 g/mol. The molecule has 0 radical (unpaired) electrons. The normalized spacial score (nSPS) is 17.9. The first-order chi connectivity index (χ1) is 14.7. The van der Waals surface area contributed by atoms with Crippen LogP contribution in [0.15, 0.2) is 71.0 Å². The summed E-state index contributed by atoms with van der Waals surface area (Å²) in [7, 11) is 1.65. The van der Waals surface area contributed by atoms with Crippen LogP contribution in [0.2, 0.25) is 0 Å². The highest BCUT2D eigenvalue weighted by molar-refractivity contribution is 7.98. The molecule has 0 fully saturated rings. The van der Waals surface area contributed by atoms with Crippen LogP contribution < -0.4 is 10.1 Å². The van der Waals surface area contributed by atoms with Gasteiger partial charge in [0.05, 0.1) is 7.11 Å². The number of carbonyl (C=O) groups is 1. The average molecular weight is 419 g/mol. The zero-order chi connectivity index (χ0) is 20.5. The van der Waals surface area contributed by atoms with Gasteiger partial charge >= 0.3 is 0 Å². The predicted octanol–water partition coefficient (Wildman–Crippen LogP) is 4.60. The van der Waals surface area contributed by atoms with Crippen LogP contribution >= 0.6 is 11.8 Å². The number of nitrogens with one attached hydrogen (secondary N) is 1. The maximum atomic E-state index is 12.9. The van der Waals surface area contributed by atoms with Gasteiger partial charge in [-0.2, -0.15) is 4.98 Å². The van der Waals surface area contributed by atoms with Gasteiger partial charge < -0.3 is 10.1 Å². The summed E-state index contributed by atoms with van der Waals surface area (Å²) in [6.07, 6.45) is 2.30. The van der Waals surface area contributed by atoms with Crippen molar-refractivity contribution in [3.8, 4) is 5.75 Å². The van der Waals surface area contributed by atoms with Crippen LogP contribution in [0, 0.1) is 0 Å². The molecule has 5 rings (SSSR count). The lowest BCUT2D eigenvalue weighted by molar-refractivity contribution is -0.116. The first kappa shape index (κ1) is 18.9. The lowest BCUT2D eigenvalue weighted by Gasteiger charge is -2.32. The molecule has 1 aliphatic heterocycles. The molecule has 1 aromatic heterocycles. The van der Waals surface area contributed by atoms with E-state index in [1.54, 1.807) is 18.9 Å². The number of thioether (sulfide) groups is 1. The number of ether oxygens (including phenoxy) is 1. The zero-order valence-corrected chi connectivity index (χ0v) is 17.5. The second-order valence-electron chi connectivity index (χ2n) is 7.41. The Morgan fingerprint density at radius 3 is 2.70 bits per heavy atom. The number of allylic oxidation sites excluding steroid dienone is 2. The molecule has 0 saturated carbocycles. The molecule has 0 unspecified atom stereocenters. The molecule has 2 aromatic carbocycles. The van der Waals surface area contributed by atoms with E-state index in [4.69, 9.17) is 14.8 Å². The molecule has 30 heavy (non-hydrogen) atoms. The zero-order valence-electron chi connectivity index (χ0n) is 16.7. The van der Waals surface area contributed by atoms with Crippen molar-refractivity contribution in [2.24, 2.45) is 0 Å². The Balaban J connectivity index is 1.51. The van der Waals surface area contributed by atoms with Gasteiger partial charge in [-0.05, 0) is 36.1 Å². The standard InChI is InChI=1S/C23H22N4O2S/c1-29-17-12-10-16(11-13-17)21-20-18(8-5-9-19(20)28)24-22-25-23(26-27(21)22)30-14-15-6-3-2-4-7-15/h2-4,6-7,10-13,21H,5,8-9,14H2,1H3,(H,24,25,26)/t21-/m1/s1. The van der Waals surface area contributed by atoms with Crippen LogP contribution in [0.25, 0.3) is 0 Å². The van der Waals surface area contributed by atoms with Crippen LogP contribution in [0.5, 0.6) is 5.75 Å². The van der Waals surface area contributed by atoms with Crippen molar-refractivity contribution >= 4 is 23.5 Å². The van der Waals surface area contributed by atoms with Gasteiger partial charge in [0.25, 0.3) is 0 Å². The number of Topliss-reactive ketones (excluding diaryl/α,β-unsaturated/α-hetero) is 1. The second kappa shape index (κ2) is 7.99. The third-order valence-electron chi connectivity index (χ3n) is 5.49. The van der Waals surface area contributed by atoms with E-state index in [9.17, 15) is 4.79 Å². The SMILES string of the molecule is COc1ccc([C@@H]2C3=C(CCCC3=O)Nc3nc(SCc4ccccc4)nn32)cc1. The number of anilines is 1. The monoisotopic (exact) mass is 418 g/mol. The summed E-state index contributed by atoms with van der Waals surface area (Å²) < 4.78 is 7.16. The average Bonchev–Trinajstić information content (AvgIpc) is 3.20. The molecule has 1 N–H and O–H groups in total. The summed E-state index contributed by atoms with van der Waals surface area (Å²) >= 11 is 1.60. The summed E-state index contributed by atoms with van der Waals surface area (Å²) in [6.45, 7) is 0. The number of fused-ring (bicyclic) bond motifs is 1. The fraction of sp³-hybridized carbons (Fsp3) is 0.261. The van der Waals surface area contributed by atoms with Crippen LogP contribution in [-0.2, 0) is 10.5 Å². The Labute approximate surface area is 179 Å². The molecule has 2 aliphatic rings. The highest BCUT2D eigenvalue weighted by Gasteiger charge is 2.36. The number of methoxy groups -OCH3 is 1. The summed E-state index contributed by atoms with van der Waals surface area (Å²) in [4.78, 5) is 17.6. The highest BCUT2D eigenvalue weighted by Crippen LogP contribution is 2.41. The Kier molecular flexibility index (Phi) is 5.04. The molecule has 0 bridgehead atoms. The van der Waals surface area contributed by atoms with E-state index in [-0.39, 0.29) is 11.8 Å². The van der Waals surface area contributed by atoms with E-state index in [1.807, 2.05) is 47.1 Å². The number of aromatic nitrogens is 3. The van der Waals surface area contributed by atoms with Crippen molar-refractivity contribution in [1.82, 2.24) is 14.8 Å². The lowest BCUT2D eigenvalue weighted by atomic mass is 9.85. The van der Waals surface area contributed by atoms with Crippen molar-refractivity contribution in [2.45, 2.75) is 36.2 Å². The van der Waals surface area contributed by atoms with E-state index in [1.165, 1.54) is 5.56 Å². The maximum Gasteiger partial charge on any atom is 0.227 e. The minimum atomic E-state index is -0.270. The van der Waals surface area contributed by atoms with Gasteiger partial charge in [-0.15, -0.1) is 5.10 Å². The van der Waals surface area contributed by atoms with Crippen molar-refractivity contribution < 1.29 is 9.53 Å². The first-order valence-corrected chi connectivity index (χ1v) is 11.0. The van der Waals surface area contributed by atoms with Crippen LogP contribution in [0.1, 0.15) is 36.4 Å². The molecule has 7 heteroatoms. The number of nitrogens with zero attached hydrogens (tertiary/aromatic N) is 3. The van der Waals surface area contributed by atoms with Gasteiger partial charge in [0.1, 0.15) is 11.8 Å². The number of carbonyl (C=O) groups excluding carboxylic acids is 1. The quantitative estimate of drug-likeness (QED) is 0.611. The summed E-state index contributed by atoms with van der Waals surface area (Å²) in [5.41, 5.74) is 4.02. The molecule has 6 nitrogen and oxygen atoms in total. The topological polar surface area (TPSA) is 69.0 Å². The second-order valence-corrected chi connectivity index (χ2v) is 8.35. The minimum Gasteiger partial charge on any atom is -0.497 e. The Hall–Kier alpha value is -3.06. The highest BCUT2D eigenvalue weighted by atomic mass is 32.2. The van der Waals surface area contributed by atoms with Crippen molar-refractivity contribution in [3.63, 3.8) is 0 Å². The van der Waals surface area contributed by atoms with Crippen LogP contribution in [0.3, 0.4) is 0 Å². The molecule has 0 saturated heterocycles. The van der Waals surface area contributed by atoms with Gasteiger partial charge in [-0.25, -0.2) is 4.68 Å².